The summed E-state index contributed by atoms with van der Waals surface area (Å²) < 4.78 is 11.7. The van der Waals surface area contributed by atoms with Gasteiger partial charge in [0, 0.05) is 0 Å². The summed E-state index contributed by atoms with van der Waals surface area (Å²) >= 11 is 0. The first-order valence-corrected chi connectivity index (χ1v) is 7.89. The molecular weight excluding hydrogens is 274 g/mol. The second-order valence-electron chi connectivity index (χ2n) is 5.71. The summed E-state index contributed by atoms with van der Waals surface area (Å²) in [5, 5.41) is 0. The van der Waals surface area contributed by atoms with Gasteiger partial charge in [-0.1, -0.05) is 42.5 Å². The molecule has 0 saturated carbocycles. The van der Waals surface area contributed by atoms with E-state index in [9.17, 15) is 0 Å². The van der Waals surface area contributed by atoms with Gasteiger partial charge in [-0.25, -0.2) is 0 Å². The van der Waals surface area contributed by atoms with Crippen LogP contribution >= 0.6 is 0 Å². The van der Waals surface area contributed by atoms with Crippen LogP contribution in [0.3, 0.4) is 0 Å². The molecule has 0 saturated heterocycles. The topological polar surface area (TPSA) is 22.9 Å². The monoisotopic (exact) mass is 300 g/mol. The summed E-state index contributed by atoms with van der Waals surface area (Å²) in [6.45, 7) is 4.31. The Hall–Kier alpha value is -2.00. The van der Waals surface area contributed by atoms with Crippen molar-refractivity contribution in [1.82, 2.24) is 0 Å². The highest BCUT2D eigenvalue weighted by Gasteiger charge is 2.17. The predicted octanol–water partition coefficient (Wildman–Crippen LogP) is 2.39. The molecule has 0 spiro atoms. The van der Waals surface area contributed by atoms with E-state index in [1.54, 1.807) is 0 Å². The third-order valence-corrected chi connectivity index (χ3v) is 3.51. The molecule has 0 aliphatic carbocycles. The molecule has 2 aromatic rings. The van der Waals surface area contributed by atoms with Crippen LogP contribution in [0.15, 0.2) is 54.6 Å². The van der Waals surface area contributed by atoms with Crippen molar-refractivity contribution in [2.24, 2.45) is 0 Å². The Balaban J connectivity index is 2.08. The Morgan fingerprint density at radius 2 is 1.45 bits per heavy atom. The van der Waals surface area contributed by atoms with E-state index in [4.69, 9.17) is 9.47 Å². The summed E-state index contributed by atoms with van der Waals surface area (Å²) in [5.74, 6) is 1.99. The quantitative estimate of drug-likeness (QED) is 0.809. The lowest BCUT2D eigenvalue weighted by Gasteiger charge is -2.20. The van der Waals surface area contributed by atoms with Crippen LogP contribution < -0.4 is 14.4 Å². The largest absolute Gasteiger partial charge is 0.490 e. The van der Waals surface area contributed by atoms with Crippen LogP contribution in [0.5, 0.6) is 11.5 Å². The minimum atomic E-state index is 0.362. The molecule has 0 aliphatic heterocycles. The maximum Gasteiger partial charge on any atom is 0.161 e. The lowest BCUT2D eigenvalue weighted by Crippen LogP contribution is -3.06. The van der Waals surface area contributed by atoms with Gasteiger partial charge in [-0.15, -0.1) is 0 Å². The zero-order valence-electron chi connectivity index (χ0n) is 13.7. The van der Waals surface area contributed by atoms with Crippen molar-refractivity contribution < 1.29 is 14.4 Å². The van der Waals surface area contributed by atoms with Crippen LogP contribution in [0.4, 0.5) is 0 Å². The third kappa shape index (κ3) is 4.78. The van der Waals surface area contributed by atoms with E-state index in [0.717, 1.165) is 18.0 Å². The number of ether oxygens (including phenoxy) is 2. The Labute approximate surface area is 133 Å². The van der Waals surface area contributed by atoms with Crippen molar-refractivity contribution in [3.05, 3.63) is 60.2 Å². The number of benzene rings is 2. The van der Waals surface area contributed by atoms with Gasteiger partial charge in [-0.05, 0) is 24.6 Å². The number of likely N-dealkylation sites (N-methyl/N-ethyl adjacent to an activating group) is 1. The van der Waals surface area contributed by atoms with E-state index < -0.39 is 0 Å². The fourth-order valence-corrected chi connectivity index (χ4v) is 2.53. The smallest absolute Gasteiger partial charge is 0.161 e. The molecule has 3 heteroatoms. The summed E-state index contributed by atoms with van der Waals surface area (Å²) in [5.41, 5.74) is 1.32. The molecule has 2 rings (SSSR count). The van der Waals surface area contributed by atoms with Crippen LogP contribution in [0.1, 0.15) is 18.4 Å². The molecule has 0 fully saturated rings. The predicted molar refractivity (Wildman–Crippen MR) is 90.0 cm³/mol. The van der Waals surface area contributed by atoms with Gasteiger partial charge in [0.05, 0.1) is 33.2 Å². The molecule has 0 radical (unpaired) electrons. The molecule has 1 atom stereocenters. The first-order valence-electron chi connectivity index (χ1n) is 7.89. The number of hydrogen-bond donors (Lipinski definition) is 1. The van der Waals surface area contributed by atoms with E-state index >= 15 is 0 Å². The molecule has 1 N–H and O–H groups in total. The summed E-state index contributed by atoms with van der Waals surface area (Å²) in [4.78, 5) is 1.41. The van der Waals surface area contributed by atoms with Gasteiger partial charge in [-0.2, -0.15) is 0 Å². The number of para-hydroxylation sites is 2. The normalized spacial score (nSPS) is 12.2. The Kier molecular flexibility index (Phi) is 6.28. The number of nitrogens with one attached hydrogen (secondary N) is 1. The van der Waals surface area contributed by atoms with E-state index in [0.29, 0.717) is 19.1 Å². The Morgan fingerprint density at radius 3 is 2.05 bits per heavy atom. The fourth-order valence-electron chi connectivity index (χ4n) is 2.53. The minimum Gasteiger partial charge on any atom is -0.490 e. The average Bonchev–Trinajstić information content (AvgIpc) is 2.53. The van der Waals surface area contributed by atoms with Crippen molar-refractivity contribution >= 4 is 0 Å². The number of hydrogen-bond acceptors (Lipinski definition) is 2. The maximum absolute atomic E-state index is 6.07. The number of quaternary nitrogens is 1. The lowest BCUT2D eigenvalue weighted by molar-refractivity contribution is -0.859. The van der Waals surface area contributed by atoms with Crippen LogP contribution in [0.2, 0.25) is 0 Å². The first kappa shape index (κ1) is 16.4. The average molecular weight is 300 g/mol. The van der Waals surface area contributed by atoms with E-state index in [1.807, 2.05) is 37.3 Å². The highest BCUT2D eigenvalue weighted by atomic mass is 16.5. The van der Waals surface area contributed by atoms with Gasteiger partial charge in [0.1, 0.15) is 6.61 Å². The fraction of sp³-hybridized carbons (Fsp3) is 0.368. The van der Waals surface area contributed by atoms with Crippen LogP contribution in [-0.2, 0) is 0 Å². The Morgan fingerprint density at radius 1 is 0.864 bits per heavy atom. The summed E-state index contributed by atoms with van der Waals surface area (Å²) in [7, 11) is 4.34. The van der Waals surface area contributed by atoms with Gasteiger partial charge in [0.2, 0.25) is 0 Å². The standard InChI is InChI=1S/C19H25NO2/c1-4-21-18-12-8-9-13-19(18)22-15-17(14-20(2)3)16-10-6-5-7-11-16/h5-13,17H,4,14-15H2,1-3H3/p+1/t17-/m1/s1. The maximum atomic E-state index is 6.07. The highest BCUT2D eigenvalue weighted by molar-refractivity contribution is 5.39. The molecule has 0 aromatic heterocycles. The second kappa shape index (κ2) is 8.44. The molecule has 0 amide bonds. The second-order valence-corrected chi connectivity index (χ2v) is 5.71. The SMILES string of the molecule is CCOc1ccccc1OC[C@@H](C[NH+](C)C)c1ccccc1. The van der Waals surface area contributed by atoms with E-state index in [2.05, 4.69) is 38.4 Å². The van der Waals surface area contributed by atoms with E-state index in [-0.39, 0.29) is 0 Å². The van der Waals surface area contributed by atoms with Crippen molar-refractivity contribution in [3.63, 3.8) is 0 Å². The summed E-state index contributed by atoms with van der Waals surface area (Å²) in [6.07, 6.45) is 0. The van der Waals surface area contributed by atoms with Gasteiger partial charge in [0.25, 0.3) is 0 Å². The highest BCUT2D eigenvalue weighted by Crippen LogP contribution is 2.27. The molecule has 22 heavy (non-hydrogen) atoms. The molecule has 0 bridgehead atoms. The van der Waals surface area contributed by atoms with Gasteiger partial charge >= 0.3 is 0 Å². The van der Waals surface area contributed by atoms with Crippen molar-refractivity contribution in [2.45, 2.75) is 12.8 Å². The summed E-state index contributed by atoms with van der Waals surface area (Å²) in [6, 6.07) is 18.4. The lowest BCUT2D eigenvalue weighted by atomic mass is 10.00. The molecule has 3 nitrogen and oxygen atoms in total. The molecule has 118 valence electrons. The molecular formula is C19H26NO2+. The zero-order valence-corrected chi connectivity index (χ0v) is 13.7. The van der Waals surface area contributed by atoms with Crippen LogP contribution in [0.25, 0.3) is 0 Å². The number of rotatable bonds is 8. The van der Waals surface area contributed by atoms with E-state index in [1.165, 1.54) is 10.5 Å². The van der Waals surface area contributed by atoms with Crippen molar-refractivity contribution in [1.29, 1.82) is 0 Å². The molecule has 0 aliphatic rings. The van der Waals surface area contributed by atoms with Gasteiger partial charge in [-0.3, -0.25) is 0 Å². The Bertz CT molecular complexity index is 554. The first-order chi connectivity index (χ1) is 10.7. The van der Waals surface area contributed by atoms with Crippen molar-refractivity contribution in [3.8, 4) is 11.5 Å². The molecule has 2 aromatic carbocycles. The van der Waals surface area contributed by atoms with Gasteiger partial charge < -0.3 is 14.4 Å². The van der Waals surface area contributed by atoms with Gasteiger partial charge in [0.15, 0.2) is 11.5 Å². The van der Waals surface area contributed by atoms with Crippen LogP contribution in [-0.4, -0.2) is 33.9 Å². The zero-order chi connectivity index (χ0) is 15.8. The third-order valence-electron chi connectivity index (χ3n) is 3.51. The van der Waals surface area contributed by atoms with Crippen molar-refractivity contribution in [2.75, 3.05) is 33.9 Å². The molecule has 0 unspecified atom stereocenters. The molecule has 0 heterocycles. The van der Waals surface area contributed by atoms with Crippen LogP contribution in [0, 0.1) is 0 Å². The minimum absolute atomic E-state index is 0.362.